The highest BCUT2D eigenvalue weighted by Gasteiger charge is 2.07. The van der Waals surface area contributed by atoms with Crippen molar-refractivity contribution in [2.45, 2.75) is 6.42 Å². The van der Waals surface area contributed by atoms with Crippen LogP contribution < -0.4 is 0 Å². The van der Waals surface area contributed by atoms with E-state index in [1.165, 1.54) is 3.57 Å². The van der Waals surface area contributed by atoms with Crippen LogP contribution in [0.25, 0.3) is 0 Å². The number of carbonyl (C=O) groups is 1. The Morgan fingerprint density at radius 3 is 2.59 bits per heavy atom. The number of rotatable bonds is 3. The molecule has 2 nitrogen and oxygen atoms in total. The van der Waals surface area contributed by atoms with Crippen molar-refractivity contribution in [2.75, 3.05) is 0 Å². The van der Waals surface area contributed by atoms with Crippen molar-refractivity contribution >= 4 is 44.3 Å². The van der Waals surface area contributed by atoms with Gasteiger partial charge in [-0.05, 0) is 62.3 Å². The van der Waals surface area contributed by atoms with Gasteiger partial charge in [-0.15, -0.1) is 0 Å². The summed E-state index contributed by atoms with van der Waals surface area (Å²) in [5.74, 6) is 0.0833. The largest absolute Gasteiger partial charge is 0.294 e. The van der Waals surface area contributed by atoms with Crippen molar-refractivity contribution in [1.82, 2.24) is 4.98 Å². The number of hydrogen-bond donors (Lipinski definition) is 0. The van der Waals surface area contributed by atoms with Gasteiger partial charge in [-0.3, -0.25) is 9.78 Å². The van der Waals surface area contributed by atoms with E-state index in [0.717, 1.165) is 10.0 Å². The first-order valence-electron chi connectivity index (χ1n) is 5.03. The van der Waals surface area contributed by atoms with Crippen LogP contribution in [0.4, 0.5) is 0 Å². The summed E-state index contributed by atoms with van der Waals surface area (Å²) in [6, 6.07) is 9.75. The molecule has 1 heterocycles. The summed E-state index contributed by atoms with van der Waals surface area (Å²) in [5.41, 5.74) is 1.66. The first-order chi connectivity index (χ1) is 8.15. The van der Waals surface area contributed by atoms with Gasteiger partial charge >= 0.3 is 0 Å². The van der Waals surface area contributed by atoms with Gasteiger partial charge < -0.3 is 0 Å². The minimum atomic E-state index is 0.0833. The van der Waals surface area contributed by atoms with Crippen molar-refractivity contribution in [3.05, 3.63) is 61.9 Å². The smallest absolute Gasteiger partial charge is 0.168 e. The first-order valence-corrected chi connectivity index (χ1v) is 6.90. The molecule has 0 aliphatic carbocycles. The van der Waals surface area contributed by atoms with Crippen LogP contribution in [0.1, 0.15) is 15.9 Å². The molecule has 0 aliphatic heterocycles. The molecule has 1 aromatic carbocycles. The van der Waals surface area contributed by atoms with E-state index >= 15 is 0 Å². The fourth-order valence-electron chi connectivity index (χ4n) is 1.45. The summed E-state index contributed by atoms with van der Waals surface area (Å²) >= 11 is 5.55. The summed E-state index contributed by atoms with van der Waals surface area (Å²) < 4.78 is 1.99. The molecule has 1 aromatic heterocycles. The molecule has 0 fully saturated rings. The van der Waals surface area contributed by atoms with Crippen LogP contribution in [-0.2, 0) is 6.42 Å². The van der Waals surface area contributed by atoms with E-state index in [1.54, 1.807) is 18.5 Å². The van der Waals surface area contributed by atoms with Crippen LogP contribution in [0.5, 0.6) is 0 Å². The van der Waals surface area contributed by atoms with E-state index in [1.807, 2.05) is 24.3 Å². The number of Topliss-reactive ketones (excluding diaryl/α,β-unsaturated/α-hetero) is 1. The summed E-state index contributed by atoms with van der Waals surface area (Å²) in [6.45, 7) is 0. The van der Waals surface area contributed by atoms with Crippen molar-refractivity contribution < 1.29 is 4.79 Å². The maximum atomic E-state index is 12.0. The Hall–Kier alpha value is -0.750. The average molecular weight is 402 g/mol. The van der Waals surface area contributed by atoms with E-state index < -0.39 is 0 Å². The second-order valence-electron chi connectivity index (χ2n) is 3.62. The van der Waals surface area contributed by atoms with Gasteiger partial charge in [0.25, 0.3) is 0 Å². The molecule has 0 aliphatic rings. The van der Waals surface area contributed by atoms with E-state index in [-0.39, 0.29) is 5.78 Å². The van der Waals surface area contributed by atoms with E-state index in [0.29, 0.717) is 12.0 Å². The molecule has 0 unspecified atom stereocenters. The Kier molecular flexibility index (Phi) is 4.28. The van der Waals surface area contributed by atoms with Crippen LogP contribution in [0.3, 0.4) is 0 Å². The van der Waals surface area contributed by atoms with Crippen LogP contribution in [-0.4, -0.2) is 10.8 Å². The highest BCUT2D eigenvalue weighted by Crippen LogP contribution is 2.13. The summed E-state index contributed by atoms with van der Waals surface area (Å²) in [7, 11) is 0. The normalized spacial score (nSPS) is 10.2. The number of ketones is 1. The maximum absolute atomic E-state index is 12.0. The minimum absolute atomic E-state index is 0.0833. The van der Waals surface area contributed by atoms with Gasteiger partial charge in [0, 0.05) is 32.4 Å². The zero-order valence-electron chi connectivity index (χ0n) is 8.86. The van der Waals surface area contributed by atoms with Crippen molar-refractivity contribution in [3.8, 4) is 0 Å². The van der Waals surface area contributed by atoms with Crippen LogP contribution >= 0.6 is 38.5 Å². The average Bonchev–Trinajstić information content (AvgIpc) is 2.32. The Morgan fingerprint density at radius 1 is 1.24 bits per heavy atom. The monoisotopic (exact) mass is 401 g/mol. The number of hydrogen-bond acceptors (Lipinski definition) is 2. The second kappa shape index (κ2) is 5.73. The molecule has 2 rings (SSSR count). The lowest BCUT2D eigenvalue weighted by atomic mass is 10.0. The quantitative estimate of drug-likeness (QED) is 0.577. The lowest BCUT2D eigenvalue weighted by molar-refractivity contribution is 0.0992. The zero-order valence-corrected chi connectivity index (χ0v) is 12.6. The third-order valence-corrected chi connectivity index (χ3v) is 3.46. The molecule has 0 bridgehead atoms. The van der Waals surface area contributed by atoms with Crippen molar-refractivity contribution in [3.63, 3.8) is 0 Å². The van der Waals surface area contributed by atoms with Crippen LogP contribution in [0.2, 0.25) is 0 Å². The van der Waals surface area contributed by atoms with Gasteiger partial charge in [0.1, 0.15) is 0 Å². The molecule has 17 heavy (non-hydrogen) atoms. The van der Waals surface area contributed by atoms with Gasteiger partial charge in [0.05, 0.1) is 0 Å². The molecular formula is C13H9BrINO. The molecule has 0 N–H and O–H groups in total. The fraction of sp³-hybridized carbons (Fsp3) is 0.0769. The number of pyridine rings is 1. The molecule has 0 radical (unpaired) electrons. The molecular weight excluding hydrogens is 393 g/mol. The van der Waals surface area contributed by atoms with Crippen molar-refractivity contribution in [2.24, 2.45) is 0 Å². The Labute approximate surface area is 122 Å². The molecule has 0 amide bonds. The van der Waals surface area contributed by atoms with Gasteiger partial charge in [0.15, 0.2) is 5.78 Å². The highest BCUT2D eigenvalue weighted by atomic mass is 127. The Bertz CT molecular complexity index is 539. The molecule has 0 saturated carbocycles. The zero-order chi connectivity index (χ0) is 12.3. The summed E-state index contributed by atoms with van der Waals surface area (Å²) in [4.78, 5) is 16.0. The highest BCUT2D eigenvalue weighted by molar-refractivity contribution is 14.1. The molecule has 86 valence electrons. The molecule has 4 heteroatoms. The summed E-state index contributed by atoms with van der Waals surface area (Å²) in [5, 5.41) is 0. The van der Waals surface area contributed by atoms with E-state index in [4.69, 9.17) is 0 Å². The second-order valence-corrected chi connectivity index (χ2v) is 5.78. The van der Waals surface area contributed by atoms with Gasteiger partial charge in [-0.1, -0.05) is 12.1 Å². The number of benzene rings is 1. The SMILES string of the molecule is O=C(Cc1ccc(I)cc1)c1cncc(Br)c1. The third-order valence-electron chi connectivity index (χ3n) is 2.30. The van der Waals surface area contributed by atoms with Crippen molar-refractivity contribution in [1.29, 1.82) is 0 Å². The fourth-order valence-corrected chi connectivity index (χ4v) is 2.18. The van der Waals surface area contributed by atoms with Gasteiger partial charge in [0.2, 0.25) is 0 Å². The summed E-state index contributed by atoms with van der Waals surface area (Å²) in [6.07, 6.45) is 3.68. The number of carbonyl (C=O) groups excluding carboxylic acids is 1. The molecule has 2 aromatic rings. The topological polar surface area (TPSA) is 30.0 Å². The lowest BCUT2D eigenvalue weighted by Gasteiger charge is -2.02. The number of halogens is 2. The van der Waals surface area contributed by atoms with Crippen LogP contribution in [0.15, 0.2) is 47.2 Å². The Balaban J connectivity index is 2.14. The first kappa shape index (κ1) is 12.7. The number of nitrogens with zero attached hydrogens (tertiary/aromatic N) is 1. The molecule has 0 spiro atoms. The maximum Gasteiger partial charge on any atom is 0.168 e. The predicted molar refractivity (Wildman–Crippen MR) is 79.1 cm³/mol. The predicted octanol–water partition coefficient (Wildman–Crippen LogP) is 3.87. The molecule has 0 atom stereocenters. The Morgan fingerprint density at radius 2 is 1.94 bits per heavy atom. The number of aromatic nitrogens is 1. The standard InChI is InChI=1S/C13H9BrINO/c14-11-6-10(7-16-8-11)13(17)5-9-1-3-12(15)4-2-9/h1-4,6-8H,5H2. The molecule has 0 saturated heterocycles. The van der Waals surface area contributed by atoms with Gasteiger partial charge in [-0.25, -0.2) is 0 Å². The lowest BCUT2D eigenvalue weighted by Crippen LogP contribution is -2.04. The van der Waals surface area contributed by atoms with E-state index in [9.17, 15) is 4.79 Å². The van der Waals surface area contributed by atoms with Crippen LogP contribution in [0, 0.1) is 3.57 Å². The third kappa shape index (κ3) is 3.61. The minimum Gasteiger partial charge on any atom is -0.294 e. The van der Waals surface area contributed by atoms with Gasteiger partial charge in [-0.2, -0.15) is 0 Å². The van der Waals surface area contributed by atoms with E-state index in [2.05, 4.69) is 43.5 Å².